The first kappa shape index (κ1) is 22.4. The van der Waals surface area contributed by atoms with Crippen molar-refractivity contribution in [2.75, 3.05) is 19.6 Å². The van der Waals surface area contributed by atoms with Crippen molar-refractivity contribution >= 4 is 24.2 Å². The van der Waals surface area contributed by atoms with E-state index in [2.05, 4.69) is 31.2 Å². The molecular formula is C18H32ClN5O2. The van der Waals surface area contributed by atoms with Crippen LogP contribution < -0.4 is 11.1 Å². The SMILES string of the molecule is Cc1c(C(=O)N2CCCCC2CNC(=O)CCN)cnn1C(C)(C)C.Cl. The Balaban J connectivity index is 0.00000338. The first-order valence-electron chi connectivity index (χ1n) is 9.08. The van der Waals surface area contributed by atoms with Crippen LogP contribution in [0.4, 0.5) is 0 Å². The van der Waals surface area contributed by atoms with E-state index in [1.807, 2.05) is 16.5 Å². The summed E-state index contributed by atoms with van der Waals surface area (Å²) in [6.07, 6.45) is 4.95. The van der Waals surface area contributed by atoms with Crippen molar-refractivity contribution in [3.63, 3.8) is 0 Å². The van der Waals surface area contributed by atoms with Crippen LogP contribution in [0.3, 0.4) is 0 Å². The quantitative estimate of drug-likeness (QED) is 0.808. The van der Waals surface area contributed by atoms with Crippen molar-refractivity contribution in [1.82, 2.24) is 20.0 Å². The number of hydrogen-bond acceptors (Lipinski definition) is 4. The van der Waals surface area contributed by atoms with Crippen LogP contribution in [0.2, 0.25) is 0 Å². The molecule has 3 N–H and O–H groups in total. The van der Waals surface area contributed by atoms with Gasteiger partial charge < -0.3 is 16.0 Å². The van der Waals surface area contributed by atoms with Crippen LogP contribution in [-0.2, 0) is 10.3 Å². The normalized spacial score (nSPS) is 17.6. The molecule has 26 heavy (non-hydrogen) atoms. The highest BCUT2D eigenvalue weighted by Crippen LogP contribution is 2.23. The van der Waals surface area contributed by atoms with Gasteiger partial charge >= 0.3 is 0 Å². The van der Waals surface area contributed by atoms with E-state index < -0.39 is 0 Å². The lowest BCUT2D eigenvalue weighted by Crippen LogP contribution is -2.49. The molecule has 8 heteroatoms. The average Bonchev–Trinajstić information content (AvgIpc) is 2.94. The number of nitrogens with zero attached hydrogens (tertiary/aromatic N) is 3. The first-order chi connectivity index (χ1) is 11.8. The molecule has 2 rings (SSSR count). The van der Waals surface area contributed by atoms with Gasteiger partial charge in [0.25, 0.3) is 5.91 Å². The molecule has 1 saturated heterocycles. The number of amides is 2. The van der Waals surface area contributed by atoms with E-state index in [9.17, 15) is 9.59 Å². The van der Waals surface area contributed by atoms with Gasteiger partial charge in [-0.25, -0.2) is 0 Å². The zero-order valence-corrected chi connectivity index (χ0v) is 17.1. The van der Waals surface area contributed by atoms with Gasteiger partial charge in [0, 0.05) is 37.8 Å². The molecule has 2 heterocycles. The summed E-state index contributed by atoms with van der Waals surface area (Å²) < 4.78 is 1.89. The van der Waals surface area contributed by atoms with Crippen molar-refractivity contribution in [3.05, 3.63) is 17.5 Å². The van der Waals surface area contributed by atoms with Crippen LogP contribution in [-0.4, -0.2) is 52.2 Å². The molecule has 1 aliphatic rings. The maximum Gasteiger partial charge on any atom is 0.257 e. The van der Waals surface area contributed by atoms with Crippen LogP contribution in [0, 0.1) is 6.92 Å². The van der Waals surface area contributed by atoms with Crippen molar-refractivity contribution < 1.29 is 9.59 Å². The summed E-state index contributed by atoms with van der Waals surface area (Å²) in [6, 6.07) is 0.0281. The summed E-state index contributed by atoms with van der Waals surface area (Å²) in [7, 11) is 0. The van der Waals surface area contributed by atoms with Crippen LogP contribution in [0.25, 0.3) is 0 Å². The molecule has 1 atom stereocenters. The topological polar surface area (TPSA) is 93.2 Å². The van der Waals surface area contributed by atoms with Crippen LogP contribution in [0.1, 0.15) is 62.5 Å². The van der Waals surface area contributed by atoms with E-state index in [-0.39, 0.29) is 35.8 Å². The van der Waals surface area contributed by atoms with Gasteiger partial charge in [0.2, 0.25) is 5.91 Å². The lowest BCUT2D eigenvalue weighted by molar-refractivity contribution is -0.121. The minimum atomic E-state index is -0.167. The number of hydrogen-bond donors (Lipinski definition) is 2. The number of nitrogens with two attached hydrogens (primary N) is 1. The third-order valence-corrected chi connectivity index (χ3v) is 4.67. The molecule has 1 aromatic heterocycles. The number of rotatable bonds is 5. The van der Waals surface area contributed by atoms with Crippen molar-refractivity contribution in [2.45, 2.75) is 65.0 Å². The zero-order valence-electron chi connectivity index (χ0n) is 16.2. The van der Waals surface area contributed by atoms with Crippen LogP contribution in [0.5, 0.6) is 0 Å². The van der Waals surface area contributed by atoms with Crippen molar-refractivity contribution in [2.24, 2.45) is 5.73 Å². The smallest absolute Gasteiger partial charge is 0.257 e. The first-order valence-corrected chi connectivity index (χ1v) is 9.08. The number of halogens is 1. The van der Waals surface area contributed by atoms with Crippen molar-refractivity contribution in [1.29, 1.82) is 0 Å². The number of nitrogens with one attached hydrogen (secondary N) is 1. The summed E-state index contributed by atoms with van der Waals surface area (Å²) in [5, 5.41) is 7.31. The Kier molecular flexibility index (Phi) is 8.09. The summed E-state index contributed by atoms with van der Waals surface area (Å²) >= 11 is 0. The van der Waals surface area contributed by atoms with E-state index in [4.69, 9.17) is 5.73 Å². The number of carbonyl (C=O) groups is 2. The lowest BCUT2D eigenvalue weighted by Gasteiger charge is -2.36. The number of aromatic nitrogens is 2. The second-order valence-corrected chi connectivity index (χ2v) is 7.72. The van der Waals surface area contributed by atoms with Gasteiger partial charge in [0.15, 0.2) is 0 Å². The monoisotopic (exact) mass is 385 g/mol. The van der Waals surface area contributed by atoms with Gasteiger partial charge in [-0.15, -0.1) is 12.4 Å². The molecule has 0 aliphatic carbocycles. The summed E-state index contributed by atoms with van der Waals surface area (Å²) in [4.78, 5) is 26.7. The van der Waals surface area contributed by atoms with E-state index in [1.54, 1.807) is 6.20 Å². The molecule has 0 aromatic carbocycles. The molecule has 7 nitrogen and oxygen atoms in total. The molecule has 1 aliphatic heterocycles. The van der Waals surface area contributed by atoms with Crippen molar-refractivity contribution in [3.8, 4) is 0 Å². The Bertz CT molecular complexity index is 624. The highest BCUT2D eigenvalue weighted by molar-refractivity contribution is 5.95. The Morgan fingerprint density at radius 2 is 2.04 bits per heavy atom. The maximum absolute atomic E-state index is 13.1. The Labute approximate surface area is 162 Å². The Morgan fingerprint density at radius 3 is 2.62 bits per heavy atom. The van der Waals surface area contributed by atoms with Gasteiger partial charge in [-0.2, -0.15) is 5.10 Å². The highest BCUT2D eigenvalue weighted by atomic mass is 35.5. The third-order valence-electron chi connectivity index (χ3n) is 4.67. The molecule has 0 saturated carbocycles. The Morgan fingerprint density at radius 1 is 1.35 bits per heavy atom. The van der Waals surface area contributed by atoms with E-state index in [1.165, 1.54) is 0 Å². The van der Waals surface area contributed by atoms with Crippen LogP contribution in [0.15, 0.2) is 6.20 Å². The zero-order chi connectivity index (χ0) is 18.6. The fraction of sp³-hybridized carbons (Fsp3) is 0.722. The molecule has 0 bridgehead atoms. The van der Waals surface area contributed by atoms with E-state index in [0.717, 1.165) is 31.5 Å². The maximum atomic E-state index is 13.1. The summed E-state index contributed by atoms with van der Waals surface area (Å²) in [5.74, 6) is -0.0528. The number of piperidine rings is 1. The number of carbonyl (C=O) groups excluding carboxylic acids is 2. The van der Waals surface area contributed by atoms with Gasteiger partial charge in [-0.1, -0.05) is 0 Å². The second kappa shape index (κ2) is 9.37. The summed E-state index contributed by atoms with van der Waals surface area (Å²) in [5.41, 5.74) is 6.77. The predicted molar refractivity (Wildman–Crippen MR) is 105 cm³/mol. The molecule has 0 radical (unpaired) electrons. The minimum absolute atomic E-state index is 0. The highest BCUT2D eigenvalue weighted by Gasteiger charge is 2.30. The van der Waals surface area contributed by atoms with Crippen LogP contribution >= 0.6 is 12.4 Å². The molecule has 148 valence electrons. The average molecular weight is 386 g/mol. The van der Waals surface area contributed by atoms with E-state index >= 15 is 0 Å². The molecular weight excluding hydrogens is 354 g/mol. The molecule has 1 fully saturated rings. The molecule has 1 unspecified atom stereocenters. The molecule has 2 amide bonds. The standard InChI is InChI=1S/C18H31N5O2.ClH/c1-13-15(12-21-23(13)18(2,3)4)17(25)22-10-6-5-7-14(22)11-20-16(24)8-9-19;/h12,14H,5-11,19H2,1-4H3,(H,20,24);1H. The number of likely N-dealkylation sites (tertiary alicyclic amines) is 1. The largest absolute Gasteiger partial charge is 0.354 e. The fourth-order valence-corrected chi connectivity index (χ4v) is 3.38. The van der Waals surface area contributed by atoms with Gasteiger partial charge in [0.05, 0.1) is 17.3 Å². The fourth-order valence-electron chi connectivity index (χ4n) is 3.38. The van der Waals surface area contributed by atoms with E-state index in [0.29, 0.717) is 25.1 Å². The second-order valence-electron chi connectivity index (χ2n) is 7.72. The van der Waals surface area contributed by atoms with Gasteiger partial charge in [-0.3, -0.25) is 14.3 Å². The van der Waals surface area contributed by atoms with Gasteiger partial charge in [0.1, 0.15) is 0 Å². The lowest BCUT2D eigenvalue weighted by atomic mass is 10.0. The van der Waals surface area contributed by atoms with Gasteiger partial charge in [-0.05, 0) is 47.0 Å². The predicted octanol–water partition coefficient (Wildman–Crippen LogP) is 1.83. The molecule has 0 spiro atoms. The summed E-state index contributed by atoms with van der Waals surface area (Å²) in [6.45, 7) is 9.68. The Hall–Kier alpha value is -1.60. The third kappa shape index (κ3) is 5.20. The minimum Gasteiger partial charge on any atom is -0.354 e. The molecule has 1 aromatic rings.